The van der Waals surface area contributed by atoms with Crippen LogP contribution < -0.4 is 10.2 Å². The molecule has 0 spiro atoms. The van der Waals surface area contributed by atoms with Gasteiger partial charge in [-0.1, -0.05) is 24.3 Å². The summed E-state index contributed by atoms with van der Waals surface area (Å²) < 4.78 is 33.7. The standard InChI is InChI=1S/C20H14F2N2O3/c21-13-6-1-3-8-15(13)23-19(26)20(17-10-5-11-27-17)12-18(25)24(20)16-9-4-2-7-14(16)22/h1-11H,12H2,(H,23,26). The maximum Gasteiger partial charge on any atom is 0.259 e. The number of anilines is 2. The first-order valence-electron chi connectivity index (χ1n) is 8.21. The van der Waals surface area contributed by atoms with E-state index in [4.69, 9.17) is 4.42 Å². The molecule has 3 aromatic rings. The number of hydrogen-bond donors (Lipinski definition) is 1. The van der Waals surface area contributed by atoms with Crippen LogP contribution in [0.5, 0.6) is 0 Å². The minimum Gasteiger partial charge on any atom is -0.466 e. The van der Waals surface area contributed by atoms with Crippen LogP contribution in [0.2, 0.25) is 0 Å². The van der Waals surface area contributed by atoms with Gasteiger partial charge in [0.2, 0.25) is 5.91 Å². The van der Waals surface area contributed by atoms with Crippen LogP contribution in [0.1, 0.15) is 12.2 Å². The van der Waals surface area contributed by atoms with Gasteiger partial charge in [-0.3, -0.25) is 14.5 Å². The number of nitrogens with zero attached hydrogens (tertiary/aromatic N) is 1. The van der Waals surface area contributed by atoms with Crippen molar-refractivity contribution in [1.29, 1.82) is 0 Å². The van der Waals surface area contributed by atoms with Gasteiger partial charge in [0, 0.05) is 0 Å². The molecule has 1 aliphatic heterocycles. The van der Waals surface area contributed by atoms with Gasteiger partial charge in [0.1, 0.15) is 17.4 Å². The van der Waals surface area contributed by atoms with Crippen LogP contribution in [0.4, 0.5) is 20.2 Å². The Morgan fingerprint density at radius 1 is 1.00 bits per heavy atom. The molecule has 7 heteroatoms. The lowest BCUT2D eigenvalue weighted by molar-refractivity contribution is -0.138. The van der Waals surface area contributed by atoms with Gasteiger partial charge in [-0.15, -0.1) is 0 Å². The van der Waals surface area contributed by atoms with Gasteiger partial charge < -0.3 is 9.73 Å². The molecule has 136 valence electrons. The van der Waals surface area contributed by atoms with E-state index in [2.05, 4.69) is 5.32 Å². The Kier molecular flexibility index (Phi) is 3.99. The molecule has 4 rings (SSSR count). The average molecular weight is 368 g/mol. The van der Waals surface area contributed by atoms with E-state index in [0.29, 0.717) is 0 Å². The smallest absolute Gasteiger partial charge is 0.259 e. The van der Waals surface area contributed by atoms with Crippen LogP contribution in [-0.4, -0.2) is 11.8 Å². The van der Waals surface area contributed by atoms with E-state index in [1.807, 2.05) is 0 Å². The zero-order valence-corrected chi connectivity index (χ0v) is 14.0. The highest BCUT2D eigenvalue weighted by Crippen LogP contribution is 2.46. The fraction of sp³-hybridized carbons (Fsp3) is 0.100. The van der Waals surface area contributed by atoms with Gasteiger partial charge in [-0.2, -0.15) is 0 Å². The van der Waals surface area contributed by atoms with Crippen LogP contribution in [0.25, 0.3) is 0 Å². The van der Waals surface area contributed by atoms with Gasteiger partial charge in [-0.05, 0) is 36.4 Å². The lowest BCUT2D eigenvalue weighted by atomic mass is 9.79. The molecule has 1 aliphatic rings. The van der Waals surface area contributed by atoms with Crippen LogP contribution >= 0.6 is 0 Å². The molecular formula is C20H14F2N2O3. The lowest BCUT2D eigenvalue weighted by Gasteiger charge is -2.48. The normalized spacial score (nSPS) is 18.9. The summed E-state index contributed by atoms with van der Waals surface area (Å²) >= 11 is 0. The van der Waals surface area contributed by atoms with Crippen LogP contribution in [0.15, 0.2) is 71.3 Å². The zero-order valence-electron chi connectivity index (χ0n) is 14.0. The second-order valence-electron chi connectivity index (χ2n) is 6.13. The second-order valence-corrected chi connectivity index (χ2v) is 6.13. The van der Waals surface area contributed by atoms with E-state index >= 15 is 0 Å². The van der Waals surface area contributed by atoms with E-state index in [1.54, 1.807) is 18.2 Å². The number of amides is 2. The number of carbonyl (C=O) groups is 2. The molecule has 1 N–H and O–H groups in total. The molecule has 1 atom stereocenters. The quantitative estimate of drug-likeness (QED) is 0.712. The van der Waals surface area contributed by atoms with Gasteiger partial charge >= 0.3 is 0 Å². The van der Waals surface area contributed by atoms with Crippen molar-refractivity contribution in [2.24, 2.45) is 0 Å². The molecule has 2 aromatic carbocycles. The number of para-hydroxylation sites is 2. The molecular weight excluding hydrogens is 354 g/mol. The second kappa shape index (κ2) is 6.35. The fourth-order valence-corrected chi connectivity index (χ4v) is 3.26. The van der Waals surface area contributed by atoms with Gasteiger partial charge in [0.25, 0.3) is 5.91 Å². The third kappa shape index (κ3) is 2.59. The summed E-state index contributed by atoms with van der Waals surface area (Å²) in [5.74, 6) is -2.24. The van der Waals surface area contributed by atoms with Crippen LogP contribution in [-0.2, 0) is 15.1 Å². The number of nitrogens with one attached hydrogen (secondary N) is 1. The van der Waals surface area contributed by atoms with Gasteiger partial charge in [0.05, 0.1) is 24.1 Å². The van der Waals surface area contributed by atoms with Gasteiger partial charge in [0.15, 0.2) is 5.54 Å². The van der Waals surface area contributed by atoms with Crippen molar-refractivity contribution in [3.63, 3.8) is 0 Å². The number of β-lactam (4-membered cyclic amide) rings is 1. The summed E-state index contributed by atoms with van der Waals surface area (Å²) in [6.07, 6.45) is 1.13. The maximum absolute atomic E-state index is 14.4. The lowest BCUT2D eigenvalue weighted by Crippen LogP contribution is -2.67. The fourth-order valence-electron chi connectivity index (χ4n) is 3.26. The Morgan fingerprint density at radius 2 is 1.70 bits per heavy atom. The van der Waals surface area contributed by atoms with Crippen molar-refractivity contribution >= 4 is 23.2 Å². The number of hydrogen-bond acceptors (Lipinski definition) is 3. The first kappa shape index (κ1) is 17.0. The van der Waals surface area contributed by atoms with Gasteiger partial charge in [-0.25, -0.2) is 8.78 Å². The Morgan fingerprint density at radius 3 is 2.33 bits per heavy atom. The predicted octanol–water partition coefficient (Wildman–Crippen LogP) is 3.83. The van der Waals surface area contributed by atoms with Crippen LogP contribution in [0.3, 0.4) is 0 Å². The van der Waals surface area contributed by atoms with E-state index in [-0.39, 0.29) is 23.6 Å². The van der Waals surface area contributed by atoms with E-state index in [1.165, 1.54) is 48.7 Å². The Labute approximate surface area is 153 Å². The Balaban J connectivity index is 1.80. The number of rotatable bonds is 4. The summed E-state index contributed by atoms with van der Waals surface area (Å²) in [7, 11) is 0. The molecule has 2 amide bonds. The van der Waals surface area contributed by atoms with Crippen molar-refractivity contribution in [3.05, 3.63) is 84.3 Å². The molecule has 0 saturated carbocycles. The Hall–Kier alpha value is -3.48. The highest BCUT2D eigenvalue weighted by molar-refractivity contribution is 6.16. The number of halogens is 2. The molecule has 0 aliphatic carbocycles. The third-order valence-electron chi connectivity index (χ3n) is 4.56. The summed E-state index contributed by atoms with van der Waals surface area (Å²) in [6, 6.07) is 14.4. The zero-order chi connectivity index (χ0) is 19.0. The SMILES string of the molecule is O=C1CC(C(=O)Nc2ccccc2F)(c2ccco2)N1c1ccccc1F. The van der Waals surface area contributed by atoms with Crippen molar-refractivity contribution in [2.75, 3.05) is 10.2 Å². The molecule has 0 bridgehead atoms. The van der Waals surface area contributed by atoms with E-state index in [9.17, 15) is 18.4 Å². The van der Waals surface area contributed by atoms with Crippen LogP contribution in [0, 0.1) is 11.6 Å². The minimum atomic E-state index is -1.61. The number of carbonyl (C=O) groups excluding carboxylic acids is 2. The highest BCUT2D eigenvalue weighted by Gasteiger charge is 2.61. The summed E-state index contributed by atoms with van der Waals surface area (Å²) in [4.78, 5) is 26.6. The van der Waals surface area contributed by atoms with Crippen molar-refractivity contribution < 1.29 is 22.8 Å². The molecule has 0 radical (unpaired) electrons. The molecule has 1 aromatic heterocycles. The molecule has 1 unspecified atom stereocenters. The van der Waals surface area contributed by atoms with Crippen molar-refractivity contribution in [1.82, 2.24) is 0 Å². The molecule has 1 saturated heterocycles. The maximum atomic E-state index is 14.4. The average Bonchev–Trinajstić information content (AvgIpc) is 3.18. The summed E-state index contributed by atoms with van der Waals surface area (Å²) in [5.41, 5.74) is -1.69. The molecule has 27 heavy (non-hydrogen) atoms. The first-order valence-corrected chi connectivity index (χ1v) is 8.21. The summed E-state index contributed by atoms with van der Waals surface area (Å²) in [6.45, 7) is 0. The van der Waals surface area contributed by atoms with Crippen molar-refractivity contribution in [2.45, 2.75) is 12.0 Å². The van der Waals surface area contributed by atoms with Crippen molar-refractivity contribution in [3.8, 4) is 0 Å². The van der Waals surface area contributed by atoms with E-state index in [0.717, 1.165) is 4.90 Å². The third-order valence-corrected chi connectivity index (χ3v) is 4.56. The first-order chi connectivity index (χ1) is 13.0. The monoisotopic (exact) mass is 368 g/mol. The number of furan rings is 1. The molecule has 2 heterocycles. The van der Waals surface area contributed by atoms with E-state index < -0.39 is 29.0 Å². The summed E-state index contributed by atoms with van der Waals surface area (Å²) in [5, 5.41) is 2.49. The highest BCUT2D eigenvalue weighted by atomic mass is 19.1. The molecule has 5 nitrogen and oxygen atoms in total. The number of benzene rings is 2. The minimum absolute atomic E-state index is 0.0405. The topological polar surface area (TPSA) is 62.6 Å². The Bertz CT molecular complexity index is 1020. The molecule has 1 fully saturated rings. The largest absolute Gasteiger partial charge is 0.466 e. The predicted molar refractivity (Wildman–Crippen MR) is 93.9 cm³/mol.